The van der Waals surface area contributed by atoms with Crippen molar-refractivity contribution in [3.63, 3.8) is 0 Å². The lowest BCUT2D eigenvalue weighted by Crippen LogP contribution is -2.35. The molecule has 6 nitrogen and oxygen atoms in total. The minimum absolute atomic E-state index is 0.0846. The largest absolute Gasteiger partial charge is 0.322 e. The van der Waals surface area contributed by atoms with Gasteiger partial charge in [-0.1, -0.05) is 24.1 Å². The maximum atomic E-state index is 12.5. The second-order valence-corrected chi connectivity index (χ2v) is 6.88. The molecule has 0 atom stereocenters. The van der Waals surface area contributed by atoms with Crippen molar-refractivity contribution in [1.82, 2.24) is 9.97 Å². The first-order chi connectivity index (χ1) is 14.7. The average molecular weight is 396 g/mol. The van der Waals surface area contributed by atoms with Crippen molar-refractivity contribution in [2.75, 3.05) is 16.8 Å². The van der Waals surface area contributed by atoms with Crippen molar-refractivity contribution in [2.24, 2.45) is 0 Å². The minimum Gasteiger partial charge on any atom is -0.322 e. The molecule has 2 heterocycles. The molecule has 0 bridgehead atoms. The zero-order chi connectivity index (χ0) is 20.8. The van der Waals surface area contributed by atoms with E-state index in [4.69, 9.17) is 0 Å². The van der Waals surface area contributed by atoms with E-state index in [0.29, 0.717) is 35.6 Å². The van der Waals surface area contributed by atoms with E-state index in [1.165, 1.54) is 0 Å². The van der Waals surface area contributed by atoms with Gasteiger partial charge in [-0.3, -0.25) is 9.59 Å². The number of nitrogens with one attached hydrogen (secondary N) is 1. The monoisotopic (exact) mass is 396 g/mol. The van der Waals surface area contributed by atoms with Gasteiger partial charge in [-0.2, -0.15) is 0 Å². The lowest BCUT2D eigenvalue weighted by atomic mass is 10.1. The number of benzene rings is 2. The summed E-state index contributed by atoms with van der Waals surface area (Å²) in [4.78, 5) is 35.0. The third-order valence-electron chi connectivity index (χ3n) is 4.78. The molecule has 2 amide bonds. The summed E-state index contributed by atoms with van der Waals surface area (Å²) in [5.41, 5.74) is 2.55. The zero-order valence-electron chi connectivity index (χ0n) is 16.3. The Morgan fingerprint density at radius 1 is 0.967 bits per heavy atom. The highest BCUT2D eigenvalue weighted by molar-refractivity contribution is 6.04. The van der Waals surface area contributed by atoms with Gasteiger partial charge in [0.2, 0.25) is 11.7 Å². The number of aromatic nitrogens is 2. The summed E-state index contributed by atoms with van der Waals surface area (Å²) in [5, 5.41) is 2.90. The van der Waals surface area contributed by atoms with Crippen LogP contribution in [0.15, 0.2) is 67.0 Å². The molecule has 148 valence electrons. The number of rotatable bonds is 3. The van der Waals surface area contributed by atoms with Crippen LogP contribution in [-0.4, -0.2) is 28.3 Å². The Hall–Kier alpha value is -3.98. The lowest BCUT2D eigenvalue weighted by Gasteiger charge is -2.28. The SMILES string of the molecule is O=C(Nc1ccc(N2CCCCC2=O)c(C#Cc2ncccn2)c1)c1ccccc1. The molecule has 1 fully saturated rings. The molecule has 30 heavy (non-hydrogen) atoms. The van der Waals surface area contributed by atoms with Crippen LogP contribution in [0.1, 0.15) is 41.0 Å². The summed E-state index contributed by atoms with van der Waals surface area (Å²) in [6, 6.07) is 16.1. The van der Waals surface area contributed by atoms with Crippen LogP contribution in [0, 0.1) is 11.8 Å². The van der Waals surface area contributed by atoms with Crippen molar-refractivity contribution >= 4 is 23.2 Å². The van der Waals surface area contributed by atoms with Crippen LogP contribution >= 0.6 is 0 Å². The summed E-state index contributed by atoms with van der Waals surface area (Å²) in [6.07, 6.45) is 5.64. The standard InChI is InChI=1S/C24H20N4O2/c29-23-9-4-5-16-28(23)21-12-11-20(27-24(30)18-7-2-1-3-8-18)17-19(21)10-13-22-25-14-6-15-26-22/h1-3,6-8,11-12,14-15,17H,4-5,9,16H2,(H,27,30). The number of amides is 2. The molecule has 4 rings (SSSR count). The van der Waals surface area contributed by atoms with E-state index >= 15 is 0 Å². The number of hydrogen-bond acceptors (Lipinski definition) is 4. The second-order valence-electron chi connectivity index (χ2n) is 6.88. The first-order valence-corrected chi connectivity index (χ1v) is 9.80. The maximum absolute atomic E-state index is 12.5. The van der Waals surface area contributed by atoms with E-state index < -0.39 is 0 Å². The summed E-state index contributed by atoms with van der Waals surface area (Å²) in [7, 11) is 0. The van der Waals surface area contributed by atoms with Gasteiger partial charge >= 0.3 is 0 Å². The zero-order valence-corrected chi connectivity index (χ0v) is 16.3. The Kier molecular flexibility index (Phi) is 5.81. The molecular weight excluding hydrogens is 376 g/mol. The average Bonchev–Trinajstić information content (AvgIpc) is 2.80. The van der Waals surface area contributed by atoms with Gasteiger partial charge in [-0.15, -0.1) is 0 Å². The summed E-state index contributed by atoms with van der Waals surface area (Å²) < 4.78 is 0. The molecule has 0 aliphatic carbocycles. The molecule has 0 saturated carbocycles. The van der Waals surface area contributed by atoms with Crippen LogP contribution in [0.25, 0.3) is 0 Å². The maximum Gasteiger partial charge on any atom is 0.255 e. The summed E-state index contributed by atoms with van der Waals surface area (Å²) >= 11 is 0. The van der Waals surface area contributed by atoms with Gasteiger partial charge in [0, 0.05) is 36.6 Å². The molecule has 1 aliphatic rings. The molecular formula is C24H20N4O2. The van der Waals surface area contributed by atoms with E-state index in [1.54, 1.807) is 47.6 Å². The minimum atomic E-state index is -0.206. The fraction of sp³-hybridized carbons (Fsp3) is 0.167. The van der Waals surface area contributed by atoms with Crippen LogP contribution in [-0.2, 0) is 4.79 Å². The molecule has 1 saturated heterocycles. The third kappa shape index (κ3) is 4.53. The topological polar surface area (TPSA) is 75.2 Å². The van der Waals surface area contributed by atoms with Crippen LogP contribution in [0.5, 0.6) is 0 Å². The molecule has 3 aromatic rings. The van der Waals surface area contributed by atoms with Crippen LogP contribution < -0.4 is 10.2 Å². The highest BCUT2D eigenvalue weighted by atomic mass is 16.2. The summed E-state index contributed by atoms with van der Waals surface area (Å²) in [5.74, 6) is 6.30. The molecule has 0 radical (unpaired) electrons. The molecule has 1 N–H and O–H groups in total. The van der Waals surface area contributed by atoms with E-state index in [9.17, 15) is 9.59 Å². The van der Waals surface area contributed by atoms with Gasteiger partial charge in [0.1, 0.15) is 0 Å². The normalized spacial score (nSPS) is 13.3. The predicted octanol–water partition coefficient (Wildman–Crippen LogP) is 3.65. The van der Waals surface area contributed by atoms with Crippen molar-refractivity contribution in [3.05, 3.63) is 83.9 Å². The quantitative estimate of drug-likeness (QED) is 0.686. The molecule has 2 aromatic carbocycles. The fourth-order valence-electron chi connectivity index (χ4n) is 3.29. The highest BCUT2D eigenvalue weighted by Gasteiger charge is 2.22. The van der Waals surface area contributed by atoms with Gasteiger partial charge < -0.3 is 10.2 Å². The van der Waals surface area contributed by atoms with Gasteiger partial charge in [0.15, 0.2) is 0 Å². The smallest absolute Gasteiger partial charge is 0.255 e. The number of carbonyl (C=O) groups is 2. The Bertz CT molecular complexity index is 1120. The number of nitrogens with zero attached hydrogens (tertiary/aromatic N) is 3. The number of anilines is 2. The second kappa shape index (κ2) is 9.01. The number of carbonyl (C=O) groups excluding carboxylic acids is 2. The van der Waals surface area contributed by atoms with Gasteiger partial charge in [0.25, 0.3) is 5.91 Å². The Balaban J connectivity index is 1.67. The van der Waals surface area contributed by atoms with E-state index in [0.717, 1.165) is 18.5 Å². The van der Waals surface area contributed by atoms with Crippen molar-refractivity contribution in [2.45, 2.75) is 19.3 Å². The van der Waals surface area contributed by atoms with E-state index in [-0.39, 0.29) is 11.8 Å². The van der Waals surface area contributed by atoms with Crippen LogP contribution in [0.2, 0.25) is 0 Å². The summed E-state index contributed by atoms with van der Waals surface area (Å²) in [6.45, 7) is 0.658. The lowest BCUT2D eigenvalue weighted by molar-refractivity contribution is -0.119. The Labute approximate surface area is 175 Å². The van der Waals surface area contributed by atoms with Gasteiger partial charge in [-0.05, 0) is 55.2 Å². The van der Waals surface area contributed by atoms with Gasteiger partial charge in [-0.25, -0.2) is 9.97 Å². The molecule has 6 heteroatoms. The van der Waals surface area contributed by atoms with Crippen molar-refractivity contribution in [1.29, 1.82) is 0 Å². The molecule has 1 aliphatic heterocycles. The molecule has 1 aromatic heterocycles. The Morgan fingerprint density at radius 3 is 2.53 bits per heavy atom. The van der Waals surface area contributed by atoms with Crippen LogP contribution in [0.3, 0.4) is 0 Å². The third-order valence-corrected chi connectivity index (χ3v) is 4.78. The predicted molar refractivity (Wildman–Crippen MR) is 115 cm³/mol. The van der Waals surface area contributed by atoms with Crippen LogP contribution in [0.4, 0.5) is 11.4 Å². The van der Waals surface area contributed by atoms with Gasteiger partial charge in [0.05, 0.1) is 11.3 Å². The molecule has 0 unspecified atom stereocenters. The Morgan fingerprint density at radius 2 is 1.77 bits per heavy atom. The first-order valence-electron chi connectivity index (χ1n) is 9.80. The highest BCUT2D eigenvalue weighted by Crippen LogP contribution is 2.27. The van der Waals surface area contributed by atoms with Crippen molar-refractivity contribution < 1.29 is 9.59 Å². The molecule has 0 spiro atoms. The fourth-order valence-corrected chi connectivity index (χ4v) is 3.29. The number of piperidine rings is 1. The number of hydrogen-bond donors (Lipinski definition) is 1. The van der Waals surface area contributed by atoms with E-state index in [1.807, 2.05) is 24.3 Å². The first kappa shape index (κ1) is 19.3. The van der Waals surface area contributed by atoms with Crippen molar-refractivity contribution in [3.8, 4) is 11.8 Å². The van der Waals surface area contributed by atoms with E-state index in [2.05, 4.69) is 27.1 Å².